The van der Waals surface area contributed by atoms with E-state index in [9.17, 15) is 4.79 Å². The lowest BCUT2D eigenvalue weighted by Crippen LogP contribution is -2.05. The maximum absolute atomic E-state index is 12.4. The Labute approximate surface area is 119 Å². The van der Waals surface area contributed by atoms with Crippen LogP contribution < -0.4 is 5.32 Å². The van der Waals surface area contributed by atoms with Gasteiger partial charge in [-0.05, 0) is 36.6 Å². The van der Waals surface area contributed by atoms with Gasteiger partial charge in [0.05, 0.1) is 0 Å². The SMILES string of the molecule is Cc1cc(C)cc(CC(=O)c2ccc3c(c2)CNC3)c1. The van der Waals surface area contributed by atoms with Crippen LogP contribution in [0.5, 0.6) is 0 Å². The molecule has 1 aliphatic heterocycles. The topological polar surface area (TPSA) is 29.1 Å². The smallest absolute Gasteiger partial charge is 0.167 e. The minimum absolute atomic E-state index is 0.199. The maximum Gasteiger partial charge on any atom is 0.167 e. The number of aryl methyl sites for hydroxylation is 2. The van der Waals surface area contributed by atoms with Gasteiger partial charge in [0.25, 0.3) is 0 Å². The van der Waals surface area contributed by atoms with Crippen molar-refractivity contribution in [2.45, 2.75) is 33.4 Å². The Morgan fingerprint density at radius 2 is 1.70 bits per heavy atom. The number of hydrogen-bond donors (Lipinski definition) is 1. The van der Waals surface area contributed by atoms with Crippen LogP contribution in [0, 0.1) is 13.8 Å². The Balaban J connectivity index is 1.82. The quantitative estimate of drug-likeness (QED) is 0.862. The molecule has 1 heterocycles. The van der Waals surface area contributed by atoms with Crippen molar-refractivity contribution >= 4 is 5.78 Å². The molecule has 2 aromatic carbocycles. The number of hydrogen-bond acceptors (Lipinski definition) is 2. The molecule has 3 rings (SSSR count). The fourth-order valence-electron chi connectivity index (χ4n) is 2.93. The molecule has 0 atom stereocenters. The van der Waals surface area contributed by atoms with E-state index in [-0.39, 0.29) is 5.78 Å². The summed E-state index contributed by atoms with van der Waals surface area (Å²) in [6.07, 6.45) is 0.481. The molecule has 0 unspecified atom stereocenters. The number of carbonyl (C=O) groups excluding carboxylic acids is 1. The Bertz CT molecular complexity index is 653. The Morgan fingerprint density at radius 3 is 2.45 bits per heavy atom. The van der Waals surface area contributed by atoms with Gasteiger partial charge in [-0.2, -0.15) is 0 Å². The molecule has 1 N–H and O–H groups in total. The van der Waals surface area contributed by atoms with Crippen molar-refractivity contribution < 1.29 is 4.79 Å². The predicted octanol–water partition coefficient (Wildman–Crippen LogP) is 3.33. The third kappa shape index (κ3) is 2.66. The van der Waals surface area contributed by atoms with E-state index in [2.05, 4.69) is 43.4 Å². The van der Waals surface area contributed by atoms with Gasteiger partial charge in [-0.1, -0.05) is 41.5 Å². The van der Waals surface area contributed by atoms with E-state index in [0.29, 0.717) is 6.42 Å². The highest BCUT2D eigenvalue weighted by Crippen LogP contribution is 2.19. The van der Waals surface area contributed by atoms with Gasteiger partial charge in [0.2, 0.25) is 0 Å². The van der Waals surface area contributed by atoms with E-state index < -0.39 is 0 Å². The molecule has 0 radical (unpaired) electrons. The van der Waals surface area contributed by atoms with Crippen LogP contribution in [-0.4, -0.2) is 5.78 Å². The number of rotatable bonds is 3. The number of carbonyl (C=O) groups is 1. The van der Waals surface area contributed by atoms with E-state index in [1.807, 2.05) is 12.1 Å². The molecule has 1 aliphatic rings. The second kappa shape index (κ2) is 5.22. The van der Waals surface area contributed by atoms with Crippen molar-refractivity contribution in [1.82, 2.24) is 5.32 Å². The van der Waals surface area contributed by atoms with Gasteiger partial charge in [0.1, 0.15) is 0 Å². The number of fused-ring (bicyclic) bond motifs is 1. The molecule has 102 valence electrons. The zero-order valence-corrected chi connectivity index (χ0v) is 12.0. The summed E-state index contributed by atoms with van der Waals surface area (Å²) in [5.41, 5.74) is 6.93. The zero-order chi connectivity index (χ0) is 14.1. The third-order valence-corrected chi connectivity index (χ3v) is 3.81. The minimum Gasteiger partial charge on any atom is -0.309 e. The van der Waals surface area contributed by atoms with Crippen molar-refractivity contribution in [1.29, 1.82) is 0 Å². The Kier molecular flexibility index (Phi) is 3.41. The Hall–Kier alpha value is -1.93. The standard InChI is InChI=1S/C18H19NO/c1-12-5-13(2)7-14(6-12)8-18(20)15-3-4-16-10-19-11-17(16)9-15/h3-7,9,19H,8,10-11H2,1-2H3. The lowest BCUT2D eigenvalue weighted by molar-refractivity contribution is 0.0993. The van der Waals surface area contributed by atoms with Crippen LogP contribution in [0.15, 0.2) is 36.4 Å². The molecule has 0 fully saturated rings. The molecule has 0 saturated heterocycles. The highest BCUT2D eigenvalue weighted by atomic mass is 16.1. The molecule has 0 spiro atoms. The normalized spacial score (nSPS) is 13.3. The van der Waals surface area contributed by atoms with Crippen LogP contribution in [0.2, 0.25) is 0 Å². The average Bonchev–Trinajstić information content (AvgIpc) is 2.84. The molecule has 0 saturated carbocycles. The summed E-state index contributed by atoms with van der Waals surface area (Å²) in [4.78, 5) is 12.4. The first-order valence-corrected chi connectivity index (χ1v) is 7.05. The highest BCUT2D eigenvalue weighted by Gasteiger charge is 2.14. The summed E-state index contributed by atoms with van der Waals surface area (Å²) in [5.74, 6) is 0.199. The van der Waals surface area contributed by atoms with Crippen LogP contribution in [0.3, 0.4) is 0 Å². The van der Waals surface area contributed by atoms with E-state index in [1.165, 1.54) is 22.3 Å². The summed E-state index contributed by atoms with van der Waals surface area (Å²) < 4.78 is 0. The van der Waals surface area contributed by atoms with E-state index in [1.54, 1.807) is 0 Å². The van der Waals surface area contributed by atoms with Crippen LogP contribution in [0.25, 0.3) is 0 Å². The largest absolute Gasteiger partial charge is 0.309 e. The van der Waals surface area contributed by atoms with Gasteiger partial charge >= 0.3 is 0 Å². The predicted molar refractivity (Wildman–Crippen MR) is 80.9 cm³/mol. The van der Waals surface area contributed by atoms with Crippen LogP contribution in [0.1, 0.15) is 38.2 Å². The molecule has 20 heavy (non-hydrogen) atoms. The first kappa shape index (κ1) is 13.1. The van der Waals surface area contributed by atoms with Gasteiger partial charge < -0.3 is 5.32 Å². The summed E-state index contributed by atoms with van der Waals surface area (Å²) in [7, 11) is 0. The van der Waals surface area contributed by atoms with Gasteiger partial charge in [-0.3, -0.25) is 4.79 Å². The van der Waals surface area contributed by atoms with Crippen molar-refractivity contribution in [2.75, 3.05) is 0 Å². The number of Topliss-reactive ketones (excluding diaryl/α,β-unsaturated/α-hetero) is 1. The molecule has 2 nitrogen and oxygen atoms in total. The molecular weight excluding hydrogens is 246 g/mol. The number of benzene rings is 2. The summed E-state index contributed by atoms with van der Waals surface area (Å²) in [6, 6.07) is 12.4. The molecule has 0 amide bonds. The second-order valence-electron chi connectivity index (χ2n) is 5.68. The van der Waals surface area contributed by atoms with Crippen molar-refractivity contribution in [3.8, 4) is 0 Å². The molecule has 0 aliphatic carbocycles. The molecule has 0 bridgehead atoms. The Morgan fingerprint density at radius 1 is 1.00 bits per heavy atom. The van der Waals surface area contributed by atoms with Crippen LogP contribution in [-0.2, 0) is 19.5 Å². The second-order valence-corrected chi connectivity index (χ2v) is 5.68. The summed E-state index contributed by atoms with van der Waals surface area (Å²) >= 11 is 0. The molecular formula is C18H19NO. The molecule has 2 heteroatoms. The molecule has 2 aromatic rings. The number of nitrogens with one attached hydrogen (secondary N) is 1. The van der Waals surface area contributed by atoms with E-state index >= 15 is 0 Å². The maximum atomic E-state index is 12.4. The van der Waals surface area contributed by atoms with E-state index in [4.69, 9.17) is 0 Å². The van der Waals surface area contributed by atoms with Crippen molar-refractivity contribution in [3.63, 3.8) is 0 Å². The summed E-state index contributed by atoms with van der Waals surface area (Å²) in [6.45, 7) is 5.94. The van der Waals surface area contributed by atoms with Gasteiger partial charge in [-0.25, -0.2) is 0 Å². The minimum atomic E-state index is 0.199. The van der Waals surface area contributed by atoms with Gasteiger partial charge in [0.15, 0.2) is 5.78 Å². The van der Waals surface area contributed by atoms with Crippen molar-refractivity contribution in [2.24, 2.45) is 0 Å². The first-order valence-electron chi connectivity index (χ1n) is 7.05. The highest BCUT2D eigenvalue weighted by molar-refractivity contribution is 5.97. The van der Waals surface area contributed by atoms with Gasteiger partial charge in [0, 0.05) is 25.1 Å². The fourth-order valence-corrected chi connectivity index (χ4v) is 2.93. The van der Waals surface area contributed by atoms with E-state index in [0.717, 1.165) is 24.2 Å². The lowest BCUT2D eigenvalue weighted by Gasteiger charge is -2.06. The van der Waals surface area contributed by atoms with Crippen LogP contribution in [0.4, 0.5) is 0 Å². The lowest BCUT2D eigenvalue weighted by atomic mass is 9.97. The van der Waals surface area contributed by atoms with Gasteiger partial charge in [-0.15, -0.1) is 0 Å². The average molecular weight is 265 g/mol. The first-order chi connectivity index (χ1) is 9.61. The summed E-state index contributed by atoms with van der Waals surface area (Å²) in [5, 5.41) is 3.31. The third-order valence-electron chi connectivity index (χ3n) is 3.81. The zero-order valence-electron chi connectivity index (χ0n) is 12.0. The molecule has 0 aromatic heterocycles. The van der Waals surface area contributed by atoms with Crippen molar-refractivity contribution in [3.05, 3.63) is 69.8 Å². The number of ketones is 1. The monoisotopic (exact) mass is 265 g/mol. The fraction of sp³-hybridized carbons (Fsp3) is 0.278. The van der Waals surface area contributed by atoms with Crippen LogP contribution >= 0.6 is 0 Å².